The lowest BCUT2D eigenvalue weighted by molar-refractivity contribution is -0.129. The van der Waals surface area contributed by atoms with Gasteiger partial charge in [-0.2, -0.15) is 0 Å². The maximum atomic E-state index is 12.7. The molecule has 1 unspecified atom stereocenters. The summed E-state index contributed by atoms with van der Waals surface area (Å²) < 4.78 is 17.8. The maximum Gasteiger partial charge on any atom is 0.349 e. The standard InChI is InChI=1S/C15H14FNO3S/c1-10(20-15(19)13-3-2-8-21-13)14(18)17-9-11-4-6-12(16)7-5-11/h2-8,10H,9H2,1H3,(H,17,18). The number of amides is 1. The fourth-order valence-electron chi connectivity index (χ4n) is 1.60. The lowest BCUT2D eigenvalue weighted by Crippen LogP contribution is -2.35. The summed E-state index contributed by atoms with van der Waals surface area (Å²) in [6.45, 7) is 1.76. The molecule has 0 aliphatic carbocycles. The SMILES string of the molecule is CC(OC(=O)c1cccs1)C(=O)NCc1ccc(F)cc1. The van der Waals surface area contributed by atoms with E-state index in [2.05, 4.69) is 5.32 Å². The molecule has 6 heteroatoms. The van der Waals surface area contributed by atoms with Crippen LogP contribution in [0.15, 0.2) is 41.8 Å². The molecule has 2 aromatic rings. The Labute approximate surface area is 125 Å². The van der Waals surface area contributed by atoms with Crippen LogP contribution in [-0.4, -0.2) is 18.0 Å². The topological polar surface area (TPSA) is 55.4 Å². The average Bonchev–Trinajstić information content (AvgIpc) is 3.00. The minimum Gasteiger partial charge on any atom is -0.448 e. The number of carbonyl (C=O) groups excluding carboxylic acids is 2. The molecule has 1 aromatic carbocycles. The van der Waals surface area contributed by atoms with Gasteiger partial charge in [-0.1, -0.05) is 18.2 Å². The number of hydrogen-bond donors (Lipinski definition) is 1. The van der Waals surface area contributed by atoms with Gasteiger partial charge in [-0.3, -0.25) is 4.79 Å². The minimum atomic E-state index is -0.889. The first-order chi connectivity index (χ1) is 10.1. The zero-order valence-corrected chi connectivity index (χ0v) is 12.2. The Morgan fingerprint density at radius 2 is 2.00 bits per heavy atom. The molecule has 0 saturated carbocycles. The van der Waals surface area contributed by atoms with Crippen LogP contribution in [0.25, 0.3) is 0 Å². The maximum absolute atomic E-state index is 12.7. The lowest BCUT2D eigenvalue weighted by Gasteiger charge is -2.13. The zero-order chi connectivity index (χ0) is 15.2. The monoisotopic (exact) mass is 307 g/mol. The van der Waals surface area contributed by atoms with Crippen LogP contribution in [0.4, 0.5) is 4.39 Å². The summed E-state index contributed by atoms with van der Waals surface area (Å²) in [5, 5.41) is 4.39. The molecule has 1 aromatic heterocycles. The van der Waals surface area contributed by atoms with Gasteiger partial charge in [-0.05, 0) is 36.1 Å². The third-order valence-electron chi connectivity index (χ3n) is 2.76. The Kier molecular flexibility index (Phi) is 5.05. The highest BCUT2D eigenvalue weighted by Gasteiger charge is 2.19. The molecule has 4 nitrogen and oxygen atoms in total. The number of carbonyl (C=O) groups is 2. The first kappa shape index (κ1) is 15.2. The molecule has 1 heterocycles. The number of benzene rings is 1. The molecule has 110 valence electrons. The van der Waals surface area contributed by atoms with E-state index in [0.717, 1.165) is 5.56 Å². The van der Waals surface area contributed by atoms with Crippen molar-refractivity contribution in [3.8, 4) is 0 Å². The fourth-order valence-corrected chi connectivity index (χ4v) is 2.21. The van der Waals surface area contributed by atoms with Gasteiger partial charge < -0.3 is 10.1 Å². The van der Waals surface area contributed by atoms with E-state index in [4.69, 9.17) is 4.74 Å². The summed E-state index contributed by atoms with van der Waals surface area (Å²) in [7, 11) is 0. The highest BCUT2D eigenvalue weighted by atomic mass is 32.1. The molecule has 0 aliphatic rings. The van der Waals surface area contributed by atoms with E-state index < -0.39 is 18.0 Å². The molecule has 21 heavy (non-hydrogen) atoms. The van der Waals surface area contributed by atoms with Crippen LogP contribution in [-0.2, 0) is 16.1 Å². The van der Waals surface area contributed by atoms with Gasteiger partial charge in [0, 0.05) is 6.54 Å². The van der Waals surface area contributed by atoms with Crippen molar-refractivity contribution < 1.29 is 18.7 Å². The van der Waals surface area contributed by atoms with E-state index >= 15 is 0 Å². The Balaban J connectivity index is 1.82. The average molecular weight is 307 g/mol. The summed E-state index contributed by atoms with van der Waals surface area (Å²) in [5.41, 5.74) is 0.765. The molecule has 0 aliphatic heterocycles. The Morgan fingerprint density at radius 3 is 2.62 bits per heavy atom. The quantitative estimate of drug-likeness (QED) is 0.864. The van der Waals surface area contributed by atoms with Crippen LogP contribution in [0.1, 0.15) is 22.2 Å². The van der Waals surface area contributed by atoms with Crippen LogP contribution in [0.5, 0.6) is 0 Å². The van der Waals surface area contributed by atoms with Gasteiger partial charge in [-0.25, -0.2) is 9.18 Å². The summed E-state index contributed by atoms with van der Waals surface area (Å²) in [5.74, 6) is -1.25. The number of hydrogen-bond acceptors (Lipinski definition) is 4. The smallest absolute Gasteiger partial charge is 0.349 e. The summed E-state index contributed by atoms with van der Waals surface area (Å²) >= 11 is 1.25. The molecular formula is C15H14FNO3S. The van der Waals surface area contributed by atoms with Crippen molar-refractivity contribution in [1.29, 1.82) is 0 Å². The predicted octanol–water partition coefficient (Wildman–Crippen LogP) is 2.75. The molecule has 1 atom stereocenters. The van der Waals surface area contributed by atoms with Crippen LogP contribution >= 0.6 is 11.3 Å². The van der Waals surface area contributed by atoms with Crippen LogP contribution < -0.4 is 5.32 Å². The first-order valence-corrected chi connectivity index (χ1v) is 7.21. The van der Waals surface area contributed by atoms with Gasteiger partial charge in [0.2, 0.25) is 0 Å². The second-order valence-electron chi connectivity index (χ2n) is 4.37. The van der Waals surface area contributed by atoms with Crippen molar-refractivity contribution in [2.45, 2.75) is 19.6 Å². The molecule has 0 saturated heterocycles. The molecular weight excluding hydrogens is 293 g/mol. The minimum absolute atomic E-state index is 0.250. The van der Waals surface area contributed by atoms with Crippen molar-refractivity contribution in [2.24, 2.45) is 0 Å². The van der Waals surface area contributed by atoms with Gasteiger partial charge >= 0.3 is 5.97 Å². The van der Waals surface area contributed by atoms with Crippen molar-refractivity contribution in [2.75, 3.05) is 0 Å². The second-order valence-corrected chi connectivity index (χ2v) is 5.32. The zero-order valence-electron chi connectivity index (χ0n) is 11.3. The molecule has 0 spiro atoms. The van der Waals surface area contributed by atoms with Crippen molar-refractivity contribution in [3.05, 3.63) is 58.0 Å². The summed E-state index contributed by atoms with van der Waals surface area (Å²) in [6, 6.07) is 9.18. The van der Waals surface area contributed by atoms with Gasteiger partial charge in [0.05, 0.1) is 0 Å². The highest BCUT2D eigenvalue weighted by molar-refractivity contribution is 7.11. The van der Waals surface area contributed by atoms with E-state index in [9.17, 15) is 14.0 Å². The number of nitrogens with one attached hydrogen (secondary N) is 1. The second kappa shape index (κ2) is 6.99. The predicted molar refractivity (Wildman–Crippen MR) is 77.4 cm³/mol. The van der Waals surface area contributed by atoms with E-state index in [1.165, 1.54) is 30.4 Å². The van der Waals surface area contributed by atoms with E-state index in [1.54, 1.807) is 29.6 Å². The van der Waals surface area contributed by atoms with Crippen molar-refractivity contribution >= 4 is 23.2 Å². The van der Waals surface area contributed by atoms with Gasteiger partial charge in [0.15, 0.2) is 6.10 Å². The molecule has 0 fully saturated rings. The summed E-state index contributed by atoms with van der Waals surface area (Å²) in [6.07, 6.45) is -0.889. The number of rotatable bonds is 5. The van der Waals surface area contributed by atoms with Crippen LogP contribution in [0.3, 0.4) is 0 Å². The third-order valence-corrected chi connectivity index (χ3v) is 3.61. The number of esters is 1. The number of halogens is 1. The highest BCUT2D eigenvalue weighted by Crippen LogP contribution is 2.11. The van der Waals surface area contributed by atoms with Crippen LogP contribution in [0.2, 0.25) is 0 Å². The first-order valence-electron chi connectivity index (χ1n) is 6.33. The van der Waals surface area contributed by atoms with Gasteiger partial charge in [-0.15, -0.1) is 11.3 Å². The number of ether oxygens (including phenoxy) is 1. The van der Waals surface area contributed by atoms with Crippen molar-refractivity contribution in [1.82, 2.24) is 5.32 Å². The van der Waals surface area contributed by atoms with Gasteiger partial charge in [0.25, 0.3) is 5.91 Å². The molecule has 0 radical (unpaired) electrons. The fraction of sp³-hybridized carbons (Fsp3) is 0.200. The van der Waals surface area contributed by atoms with E-state index in [1.807, 2.05) is 0 Å². The van der Waals surface area contributed by atoms with Gasteiger partial charge in [0.1, 0.15) is 10.7 Å². The molecule has 2 rings (SSSR count). The lowest BCUT2D eigenvalue weighted by atomic mass is 10.2. The Hall–Kier alpha value is -2.21. The largest absolute Gasteiger partial charge is 0.448 e. The van der Waals surface area contributed by atoms with Crippen LogP contribution in [0, 0.1) is 5.82 Å². The summed E-state index contributed by atoms with van der Waals surface area (Å²) in [4.78, 5) is 24.0. The van der Waals surface area contributed by atoms with E-state index in [0.29, 0.717) is 4.88 Å². The third kappa shape index (κ3) is 4.39. The molecule has 1 N–H and O–H groups in total. The number of thiophene rings is 1. The normalized spacial score (nSPS) is 11.7. The molecule has 1 amide bonds. The van der Waals surface area contributed by atoms with Crippen molar-refractivity contribution in [3.63, 3.8) is 0 Å². The van der Waals surface area contributed by atoms with E-state index in [-0.39, 0.29) is 12.4 Å². The Morgan fingerprint density at radius 1 is 1.29 bits per heavy atom. The molecule has 0 bridgehead atoms. The Bertz CT molecular complexity index is 610.